The van der Waals surface area contributed by atoms with Gasteiger partial charge in [0.2, 0.25) is 0 Å². The smallest absolute Gasteiger partial charge is 0.340 e. The molecule has 18 heavy (non-hydrogen) atoms. The molecule has 0 amide bonds. The zero-order valence-electron chi connectivity index (χ0n) is 9.04. The fourth-order valence-electron chi connectivity index (χ4n) is 1.26. The molecule has 0 aliphatic carbocycles. The molecule has 0 spiro atoms. The van der Waals surface area contributed by atoms with Gasteiger partial charge in [-0.2, -0.15) is 17.9 Å². The van der Waals surface area contributed by atoms with Gasteiger partial charge in [-0.25, -0.2) is 4.79 Å². The normalized spacial score (nSPS) is 11.4. The summed E-state index contributed by atoms with van der Waals surface area (Å²) in [4.78, 5) is 11.0. The molecule has 0 aromatic carbocycles. The Labute approximate surface area is 106 Å². The Bertz CT molecular complexity index is 674. The van der Waals surface area contributed by atoms with Crippen LogP contribution in [0.5, 0.6) is 0 Å². The van der Waals surface area contributed by atoms with Crippen LogP contribution in [0.15, 0.2) is 17.3 Å². The quantitative estimate of drug-likeness (QED) is 0.759. The zero-order chi connectivity index (χ0) is 13.3. The molecule has 3 N–H and O–H groups in total. The number of anilines is 1. The van der Waals surface area contributed by atoms with Gasteiger partial charge in [-0.15, -0.1) is 0 Å². The predicted octanol–water partition coefficient (Wildman–Crippen LogP) is 0.674. The van der Waals surface area contributed by atoms with Crippen LogP contribution in [-0.4, -0.2) is 34.1 Å². The van der Waals surface area contributed by atoms with Gasteiger partial charge in [0.1, 0.15) is 10.6 Å². The average Bonchev–Trinajstić information content (AvgIpc) is 2.87. The Kier molecular flexibility index (Phi) is 3.05. The molecule has 0 saturated carbocycles. The van der Waals surface area contributed by atoms with Crippen molar-refractivity contribution in [1.82, 2.24) is 14.6 Å². The van der Waals surface area contributed by atoms with Crippen molar-refractivity contribution in [2.45, 2.75) is 11.9 Å². The number of hydrogen-bond donors (Lipinski definition) is 3. The molecule has 2 aromatic heterocycles. The number of carboxylic acids is 1. The highest BCUT2D eigenvalue weighted by atomic mass is 32.2. The first-order chi connectivity index (χ1) is 8.42. The Morgan fingerprint density at radius 1 is 1.56 bits per heavy atom. The third-order valence-corrected chi connectivity index (χ3v) is 4.33. The van der Waals surface area contributed by atoms with Crippen LogP contribution < -0.4 is 4.72 Å². The standard InChI is InChI=1S/C8H8N4O4S2/c1-4-6(8(13)14)7(17-11-4)12-18(15,16)5-2-3-9-10-5/h2-3,12H,1H3,(H,9,10)(H,13,14). The van der Waals surface area contributed by atoms with Gasteiger partial charge in [0.05, 0.1) is 11.9 Å². The Balaban J connectivity index is 2.39. The molecule has 2 aromatic rings. The largest absolute Gasteiger partial charge is 0.478 e. The molecule has 0 unspecified atom stereocenters. The molecule has 0 aliphatic heterocycles. The van der Waals surface area contributed by atoms with E-state index < -0.39 is 16.0 Å². The Morgan fingerprint density at radius 3 is 2.83 bits per heavy atom. The molecule has 0 aliphatic rings. The molecule has 8 nitrogen and oxygen atoms in total. The summed E-state index contributed by atoms with van der Waals surface area (Å²) in [5.41, 5.74) is 0.109. The van der Waals surface area contributed by atoms with E-state index >= 15 is 0 Å². The summed E-state index contributed by atoms with van der Waals surface area (Å²) in [5, 5.41) is 14.6. The van der Waals surface area contributed by atoms with Crippen LogP contribution >= 0.6 is 11.5 Å². The number of carbonyl (C=O) groups is 1. The van der Waals surface area contributed by atoms with E-state index in [0.29, 0.717) is 0 Å². The van der Waals surface area contributed by atoms with Gasteiger partial charge in [0, 0.05) is 0 Å². The fraction of sp³-hybridized carbons (Fsp3) is 0.125. The van der Waals surface area contributed by atoms with Crippen LogP contribution in [0.4, 0.5) is 5.00 Å². The molecule has 0 radical (unpaired) electrons. The lowest BCUT2D eigenvalue weighted by Crippen LogP contribution is -2.14. The lowest BCUT2D eigenvalue weighted by molar-refractivity contribution is 0.0697. The van der Waals surface area contributed by atoms with E-state index in [4.69, 9.17) is 5.11 Å². The Morgan fingerprint density at radius 2 is 2.28 bits per heavy atom. The first-order valence-corrected chi connectivity index (χ1v) is 6.89. The van der Waals surface area contributed by atoms with E-state index in [1.807, 2.05) is 0 Å². The molecular weight excluding hydrogens is 280 g/mol. The van der Waals surface area contributed by atoms with Gasteiger partial charge in [0.25, 0.3) is 10.0 Å². The number of H-pyrrole nitrogens is 1. The van der Waals surface area contributed by atoms with Crippen molar-refractivity contribution in [2.24, 2.45) is 0 Å². The van der Waals surface area contributed by atoms with Gasteiger partial charge in [-0.3, -0.25) is 9.82 Å². The summed E-state index contributed by atoms with van der Waals surface area (Å²) in [6.07, 6.45) is 1.28. The van der Waals surface area contributed by atoms with Gasteiger partial charge in [-0.1, -0.05) is 0 Å². The molecular formula is C8H8N4O4S2. The minimum atomic E-state index is -3.87. The van der Waals surface area contributed by atoms with Crippen LogP contribution in [0.3, 0.4) is 0 Å². The van der Waals surface area contributed by atoms with E-state index in [2.05, 4.69) is 19.3 Å². The van der Waals surface area contributed by atoms with Crippen LogP contribution in [0.1, 0.15) is 16.1 Å². The highest BCUT2D eigenvalue weighted by Crippen LogP contribution is 2.26. The van der Waals surface area contributed by atoms with Gasteiger partial charge >= 0.3 is 5.97 Å². The van der Waals surface area contributed by atoms with Crippen molar-refractivity contribution in [1.29, 1.82) is 0 Å². The molecule has 0 saturated heterocycles. The number of hydrogen-bond acceptors (Lipinski definition) is 6. The lowest BCUT2D eigenvalue weighted by Gasteiger charge is -2.04. The zero-order valence-corrected chi connectivity index (χ0v) is 10.7. The van der Waals surface area contributed by atoms with Gasteiger partial charge in [-0.05, 0) is 24.5 Å². The second-order valence-corrected chi connectivity index (χ2v) is 5.73. The van der Waals surface area contributed by atoms with E-state index in [0.717, 1.165) is 11.5 Å². The monoisotopic (exact) mass is 288 g/mol. The summed E-state index contributed by atoms with van der Waals surface area (Å²) in [7, 11) is -3.87. The topological polar surface area (TPSA) is 125 Å². The number of aryl methyl sites for hydroxylation is 1. The first-order valence-electron chi connectivity index (χ1n) is 4.63. The van der Waals surface area contributed by atoms with Crippen molar-refractivity contribution < 1.29 is 18.3 Å². The van der Waals surface area contributed by atoms with Gasteiger partial charge < -0.3 is 5.11 Å². The maximum Gasteiger partial charge on any atom is 0.340 e. The number of aromatic nitrogens is 3. The molecule has 10 heteroatoms. The molecule has 0 atom stereocenters. The highest BCUT2D eigenvalue weighted by molar-refractivity contribution is 7.92. The van der Waals surface area contributed by atoms with Crippen molar-refractivity contribution in [3.63, 3.8) is 0 Å². The van der Waals surface area contributed by atoms with Crippen molar-refractivity contribution in [3.05, 3.63) is 23.5 Å². The number of sulfonamides is 1. The van der Waals surface area contributed by atoms with Crippen LogP contribution in [0, 0.1) is 6.92 Å². The predicted molar refractivity (Wildman–Crippen MR) is 63.2 cm³/mol. The number of nitrogens with zero attached hydrogens (tertiary/aromatic N) is 2. The summed E-state index contributed by atoms with van der Waals surface area (Å²) in [5.74, 6) is -1.23. The maximum absolute atomic E-state index is 11.9. The van der Waals surface area contributed by atoms with Crippen LogP contribution in [0.2, 0.25) is 0 Å². The molecule has 0 bridgehead atoms. The summed E-state index contributed by atoms with van der Waals surface area (Å²) < 4.78 is 29.7. The SMILES string of the molecule is Cc1nsc(NS(=O)(=O)c2ccn[nH]2)c1C(=O)O. The van der Waals surface area contributed by atoms with Crippen molar-refractivity contribution in [2.75, 3.05) is 4.72 Å². The van der Waals surface area contributed by atoms with E-state index in [1.54, 1.807) is 0 Å². The lowest BCUT2D eigenvalue weighted by atomic mass is 10.2. The van der Waals surface area contributed by atoms with E-state index in [1.165, 1.54) is 19.2 Å². The second-order valence-electron chi connectivity index (χ2n) is 3.30. The number of rotatable bonds is 4. The van der Waals surface area contributed by atoms with E-state index in [-0.39, 0.29) is 21.3 Å². The molecule has 2 rings (SSSR count). The highest BCUT2D eigenvalue weighted by Gasteiger charge is 2.23. The number of nitrogens with one attached hydrogen (secondary N) is 2. The third-order valence-electron chi connectivity index (χ3n) is 2.07. The summed E-state index contributed by atoms with van der Waals surface area (Å²) in [6, 6.07) is 1.26. The Hall–Kier alpha value is -1.94. The minimum Gasteiger partial charge on any atom is -0.478 e. The molecule has 0 fully saturated rings. The first kappa shape index (κ1) is 12.5. The van der Waals surface area contributed by atoms with E-state index in [9.17, 15) is 13.2 Å². The fourth-order valence-corrected chi connectivity index (χ4v) is 3.25. The minimum absolute atomic E-state index is 0.0328. The third kappa shape index (κ3) is 2.19. The van der Waals surface area contributed by atoms with Crippen molar-refractivity contribution in [3.8, 4) is 0 Å². The van der Waals surface area contributed by atoms with Crippen LogP contribution in [-0.2, 0) is 10.0 Å². The van der Waals surface area contributed by atoms with Crippen molar-refractivity contribution >= 4 is 32.5 Å². The number of carboxylic acid groups (broad SMARTS) is 1. The molecule has 96 valence electrons. The van der Waals surface area contributed by atoms with Gasteiger partial charge in [0.15, 0.2) is 5.03 Å². The maximum atomic E-state index is 11.9. The van der Waals surface area contributed by atoms with Crippen LogP contribution in [0.25, 0.3) is 0 Å². The summed E-state index contributed by atoms with van der Waals surface area (Å²) in [6.45, 7) is 1.49. The second kappa shape index (κ2) is 4.38. The summed E-state index contributed by atoms with van der Waals surface area (Å²) >= 11 is 0.773. The average molecular weight is 288 g/mol. The number of aromatic carboxylic acids is 1. The molecule has 2 heterocycles. The number of aromatic amines is 1.